The van der Waals surface area contributed by atoms with E-state index in [4.69, 9.17) is 18.3 Å². The summed E-state index contributed by atoms with van der Waals surface area (Å²) in [5, 5.41) is 2.33. The van der Waals surface area contributed by atoms with Gasteiger partial charge in [-0.1, -0.05) is 66.8 Å². The van der Waals surface area contributed by atoms with E-state index in [1.807, 2.05) is 32.9 Å². The molecule has 0 aromatic heterocycles. The van der Waals surface area contributed by atoms with E-state index in [2.05, 4.69) is 105 Å². The zero-order chi connectivity index (χ0) is 36.0. The van der Waals surface area contributed by atoms with Crippen LogP contribution in [-0.2, 0) is 15.1 Å². The summed E-state index contributed by atoms with van der Waals surface area (Å²) in [4.78, 5) is 27.2. The van der Waals surface area contributed by atoms with E-state index in [9.17, 15) is 9.59 Å². The van der Waals surface area contributed by atoms with E-state index in [1.165, 1.54) is 0 Å². The van der Waals surface area contributed by atoms with Gasteiger partial charge < -0.3 is 18.3 Å². The van der Waals surface area contributed by atoms with Gasteiger partial charge in [0.25, 0.3) is 0 Å². The number of esters is 2. The van der Waals surface area contributed by atoms with Crippen molar-refractivity contribution < 1.29 is 27.9 Å². The molecule has 0 radical (unpaired) electrons. The first-order valence-electron chi connectivity index (χ1n) is 17.0. The molecule has 0 amide bonds. The van der Waals surface area contributed by atoms with Crippen molar-refractivity contribution in [3.05, 3.63) is 82.4 Å². The normalized spacial score (nSPS) is 16.9. The summed E-state index contributed by atoms with van der Waals surface area (Å²) < 4.78 is 26.1. The lowest BCUT2D eigenvalue weighted by Crippen LogP contribution is -2.63. The van der Waals surface area contributed by atoms with E-state index >= 15 is 0 Å². The molecule has 258 valence electrons. The van der Waals surface area contributed by atoms with E-state index < -0.39 is 47.8 Å². The molecule has 3 aromatic carbocycles. The van der Waals surface area contributed by atoms with Crippen molar-refractivity contribution in [2.45, 2.75) is 123 Å². The van der Waals surface area contributed by atoms with Crippen LogP contribution in [0, 0.1) is 0 Å². The van der Waals surface area contributed by atoms with E-state index in [0.29, 0.717) is 16.7 Å². The Labute approximate surface area is 290 Å². The number of rotatable bonds is 5. The van der Waals surface area contributed by atoms with Crippen molar-refractivity contribution in [1.29, 1.82) is 0 Å². The van der Waals surface area contributed by atoms with Crippen LogP contribution in [-0.4, -0.2) is 42.2 Å². The fourth-order valence-electron chi connectivity index (χ4n) is 6.13. The van der Waals surface area contributed by atoms with Gasteiger partial charge in [0.2, 0.25) is 16.6 Å². The van der Waals surface area contributed by atoms with Gasteiger partial charge in [0.05, 0.1) is 11.1 Å². The van der Waals surface area contributed by atoms with Crippen LogP contribution in [0.15, 0.2) is 54.6 Å². The molecule has 2 aliphatic heterocycles. The van der Waals surface area contributed by atoms with Crippen molar-refractivity contribution in [1.82, 2.24) is 0 Å². The van der Waals surface area contributed by atoms with Crippen LogP contribution < -0.4 is 19.2 Å². The summed E-state index contributed by atoms with van der Waals surface area (Å²) >= 11 is 0. The lowest BCUT2D eigenvalue weighted by atomic mass is 9.78. The van der Waals surface area contributed by atoms with E-state index in [1.54, 1.807) is 18.2 Å². The predicted octanol–water partition coefficient (Wildman–Crippen LogP) is 9.01. The van der Waals surface area contributed by atoms with Crippen LogP contribution in [0.25, 0.3) is 0 Å². The maximum absolute atomic E-state index is 13.8. The van der Waals surface area contributed by atoms with Crippen LogP contribution in [0.3, 0.4) is 0 Å². The highest BCUT2D eigenvalue weighted by molar-refractivity contribution is 7.01. The van der Waals surface area contributed by atoms with Crippen molar-refractivity contribution >= 4 is 47.0 Å². The number of carbonyl (C=O) groups excluding carboxylic acids is 2. The number of benzene rings is 3. The molecular formula is C39H54O6Si3. The SMILES string of the molecule is CC(C)(C)OC(=O)c1ccc2c(c1)C1(OC2=O)c2ccc(O[Si](C)(C)C(C)(C)C)cc2[Si](C)(C)c2cc(O[Si](C)(C)C(C)(C)C)ccc21. The Morgan fingerprint density at radius 1 is 0.688 bits per heavy atom. The third-order valence-corrected chi connectivity index (χ3v) is 23.2. The highest BCUT2D eigenvalue weighted by atomic mass is 28.4. The molecule has 5 rings (SSSR count). The third kappa shape index (κ3) is 6.00. The Hall–Kier alpha value is -3.15. The number of fused-ring (bicyclic) bond motifs is 6. The average molecular weight is 703 g/mol. The number of hydrogen-bond acceptors (Lipinski definition) is 6. The van der Waals surface area contributed by atoms with Crippen LogP contribution in [0.5, 0.6) is 11.5 Å². The Kier molecular flexibility index (Phi) is 8.42. The molecule has 0 saturated carbocycles. The molecular weight excluding hydrogens is 649 g/mol. The third-order valence-electron chi connectivity index (χ3n) is 10.9. The summed E-state index contributed by atoms with van der Waals surface area (Å²) in [6.45, 7) is 32.7. The molecule has 0 aliphatic carbocycles. The Morgan fingerprint density at radius 3 is 1.56 bits per heavy atom. The molecule has 0 fully saturated rings. The number of ether oxygens (including phenoxy) is 2. The summed E-state index contributed by atoms with van der Waals surface area (Å²) in [6, 6.07) is 17.7. The molecule has 3 aromatic rings. The van der Waals surface area contributed by atoms with Crippen LogP contribution in [0.1, 0.15) is 99.7 Å². The molecule has 1 spiro atoms. The molecule has 2 aliphatic rings. The van der Waals surface area contributed by atoms with Gasteiger partial charge in [0.1, 0.15) is 25.2 Å². The molecule has 2 heterocycles. The minimum atomic E-state index is -2.45. The zero-order valence-electron chi connectivity index (χ0n) is 31.6. The highest BCUT2D eigenvalue weighted by Gasteiger charge is 2.56. The Bertz CT molecular complexity index is 1720. The number of carbonyl (C=O) groups is 2. The first-order valence-corrected chi connectivity index (χ1v) is 25.8. The van der Waals surface area contributed by atoms with Gasteiger partial charge in [-0.2, -0.15) is 0 Å². The highest BCUT2D eigenvalue weighted by Crippen LogP contribution is 2.50. The van der Waals surface area contributed by atoms with E-state index in [-0.39, 0.29) is 10.1 Å². The quantitative estimate of drug-likeness (QED) is 0.195. The summed E-state index contributed by atoms with van der Waals surface area (Å²) in [5.41, 5.74) is 1.40. The lowest BCUT2D eigenvalue weighted by Gasteiger charge is -2.45. The minimum absolute atomic E-state index is 0.0254. The van der Waals surface area contributed by atoms with Gasteiger partial charge in [-0.25, -0.2) is 9.59 Å². The average Bonchev–Trinajstić information content (AvgIpc) is 3.21. The molecule has 9 heteroatoms. The van der Waals surface area contributed by atoms with Crippen LogP contribution >= 0.6 is 0 Å². The topological polar surface area (TPSA) is 71.1 Å². The second kappa shape index (κ2) is 11.2. The molecule has 0 bridgehead atoms. The van der Waals surface area contributed by atoms with E-state index in [0.717, 1.165) is 33.0 Å². The summed E-state index contributed by atoms with van der Waals surface area (Å²) in [7, 11) is -6.75. The van der Waals surface area contributed by atoms with Crippen molar-refractivity contribution in [2.24, 2.45) is 0 Å². The summed E-state index contributed by atoms with van der Waals surface area (Å²) in [5.74, 6) is 0.810. The van der Waals surface area contributed by atoms with Crippen molar-refractivity contribution in [2.75, 3.05) is 0 Å². The predicted molar refractivity (Wildman–Crippen MR) is 202 cm³/mol. The fraction of sp³-hybridized carbons (Fsp3) is 0.487. The van der Waals surface area contributed by atoms with Crippen molar-refractivity contribution in [3.8, 4) is 11.5 Å². The maximum atomic E-state index is 13.8. The molecule has 0 unspecified atom stereocenters. The Balaban J connectivity index is 1.79. The molecule has 0 saturated heterocycles. The zero-order valence-corrected chi connectivity index (χ0v) is 34.6. The van der Waals surface area contributed by atoms with Crippen LogP contribution in [0.4, 0.5) is 0 Å². The maximum Gasteiger partial charge on any atom is 0.340 e. The van der Waals surface area contributed by atoms with Crippen molar-refractivity contribution in [3.63, 3.8) is 0 Å². The monoisotopic (exact) mass is 702 g/mol. The Morgan fingerprint density at radius 2 is 1.15 bits per heavy atom. The second-order valence-electron chi connectivity index (χ2n) is 18.1. The minimum Gasteiger partial charge on any atom is -0.544 e. The first kappa shape index (κ1) is 36.1. The second-order valence-corrected chi connectivity index (χ2v) is 31.9. The van der Waals surface area contributed by atoms with Gasteiger partial charge in [0, 0.05) is 16.7 Å². The molecule has 6 nitrogen and oxygen atoms in total. The molecule has 0 atom stereocenters. The van der Waals surface area contributed by atoms with Gasteiger partial charge in [-0.15, -0.1) is 0 Å². The lowest BCUT2D eigenvalue weighted by molar-refractivity contribution is 0.00691. The fourth-order valence-corrected chi connectivity index (χ4v) is 11.3. The molecule has 48 heavy (non-hydrogen) atoms. The van der Waals surface area contributed by atoms with Gasteiger partial charge in [-0.05, 0) is 110 Å². The van der Waals surface area contributed by atoms with Gasteiger partial charge in [-0.3, -0.25) is 0 Å². The standard InChI is InChI=1S/C39H54O6Si3/c1-36(2,3)42-34(40)25-16-19-28-31(22-25)39(43-35(28)41)29-20-17-26(44-47(12,13)37(4,5)6)23-32(29)46(10,11)33-24-27(18-21-30(33)39)45-48(14,15)38(7,8)9/h16-24H,1-15H3. The van der Waals surface area contributed by atoms with Gasteiger partial charge in [0.15, 0.2) is 5.60 Å². The van der Waals surface area contributed by atoms with Gasteiger partial charge >= 0.3 is 11.9 Å². The first-order chi connectivity index (χ1) is 21.7. The number of hydrogen-bond donors (Lipinski definition) is 0. The largest absolute Gasteiger partial charge is 0.544 e. The van der Waals surface area contributed by atoms with Crippen LogP contribution in [0.2, 0.25) is 49.4 Å². The molecule has 0 N–H and O–H groups in total. The smallest absolute Gasteiger partial charge is 0.340 e. The summed E-state index contributed by atoms with van der Waals surface area (Å²) in [6.07, 6.45) is 0.